The normalized spacial score (nSPS) is 21.1. The zero-order chi connectivity index (χ0) is 50.5. The molecule has 7 aromatic carbocycles. The molecular weight excluding hydrogens is 827 g/mol. The highest BCUT2D eigenvalue weighted by Gasteiger charge is 2.50. The number of benzene rings is 7. The maximum atomic E-state index is 9.56. The van der Waals surface area contributed by atoms with Gasteiger partial charge in [-0.2, -0.15) is 0 Å². The van der Waals surface area contributed by atoms with Gasteiger partial charge in [0.1, 0.15) is 0 Å². The summed E-state index contributed by atoms with van der Waals surface area (Å²) in [6.07, 6.45) is 9.14. The van der Waals surface area contributed by atoms with E-state index in [9.17, 15) is 2.74 Å². The summed E-state index contributed by atoms with van der Waals surface area (Å²) in [4.78, 5) is 15.7. The van der Waals surface area contributed by atoms with Crippen molar-refractivity contribution in [3.05, 3.63) is 222 Å². The third-order valence-electron chi connectivity index (χ3n) is 15.1. The van der Waals surface area contributed by atoms with Gasteiger partial charge in [-0.25, -0.2) is 15.0 Å². The second kappa shape index (κ2) is 16.2. The lowest BCUT2D eigenvalue weighted by atomic mass is 9.52. The molecule has 1 fully saturated rings. The third-order valence-corrected chi connectivity index (χ3v) is 17.2. The molecule has 0 aliphatic heterocycles. The van der Waals surface area contributed by atoms with E-state index in [-0.39, 0.29) is 46.5 Å². The first-order valence-electron chi connectivity index (χ1n) is 26.2. The van der Waals surface area contributed by atoms with E-state index in [1.807, 2.05) is 48.5 Å². The Kier molecular flexibility index (Phi) is 9.05. The van der Waals surface area contributed by atoms with Crippen molar-refractivity contribution in [1.29, 1.82) is 0 Å². The van der Waals surface area contributed by atoms with Crippen LogP contribution in [-0.2, 0) is 5.41 Å². The molecule has 3 unspecified atom stereocenters. The summed E-state index contributed by atoms with van der Waals surface area (Å²) < 4.78 is 45.7. The summed E-state index contributed by atoms with van der Waals surface area (Å²) in [5.41, 5.74) is 10.9. The average molecular weight is 891 g/mol. The zero-order valence-corrected chi connectivity index (χ0v) is 40.5. The SMILES string of the molecule is [2H]c1c([2H])c([2H])c(C2(c3ccccc3)c3cc(-c4cccc(-c5cccc(-c6nc(C7=CC=CC8C7C(C)(C)CCC8(C)C)nc(-c7ccccc7)n6)c5)c4)ccc3-c3ccc([Si](C)(C)C)cc32)c([2H])c1[2H]. The van der Waals surface area contributed by atoms with Crippen molar-refractivity contribution in [2.75, 3.05) is 0 Å². The molecular formula is C63H59N3Si. The van der Waals surface area contributed by atoms with E-state index in [4.69, 9.17) is 19.1 Å². The molecule has 3 aliphatic rings. The van der Waals surface area contributed by atoms with Crippen molar-refractivity contribution in [3.63, 3.8) is 0 Å². The van der Waals surface area contributed by atoms with Gasteiger partial charge in [0.15, 0.2) is 17.5 Å². The van der Waals surface area contributed by atoms with Gasteiger partial charge in [0, 0.05) is 16.7 Å². The van der Waals surface area contributed by atoms with Crippen molar-refractivity contribution >= 4 is 18.8 Å². The van der Waals surface area contributed by atoms with Crippen molar-refractivity contribution in [3.8, 4) is 56.2 Å². The Balaban J connectivity index is 1.05. The Hall–Kier alpha value is -6.75. The Labute approximate surface area is 405 Å². The first-order valence-corrected chi connectivity index (χ1v) is 27.2. The molecule has 8 aromatic rings. The van der Waals surface area contributed by atoms with Crippen LogP contribution in [0.1, 0.15) is 75.5 Å². The monoisotopic (exact) mass is 890 g/mol. The van der Waals surface area contributed by atoms with E-state index in [2.05, 4.69) is 163 Å². The van der Waals surface area contributed by atoms with E-state index in [0.717, 1.165) is 73.4 Å². The minimum Gasteiger partial charge on any atom is -0.209 e. The Morgan fingerprint density at radius 1 is 0.507 bits per heavy atom. The zero-order valence-electron chi connectivity index (χ0n) is 44.5. The van der Waals surface area contributed by atoms with Gasteiger partial charge in [-0.3, -0.25) is 0 Å². The van der Waals surface area contributed by atoms with Crippen molar-refractivity contribution in [1.82, 2.24) is 15.0 Å². The molecule has 330 valence electrons. The van der Waals surface area contributed by atoms with E-state index in [0.29, 0.717) is 17.6 Å². The number of hydrogen-bond acceptors (Lipinski definition) is 3. The van der Waals surface area contributed by atoms with Crippen LogP contribution in [0.5, 0.6) is 0 Å². The number of aromatic nitrogens is 3. The highest BCUT2D eigenvalue weighted by atomic mass is 28.3. The smallest absolute Gasteiger partial charge is 0.164 e. The highest BCUT2D eigenvalue weighted by molar-refractivity contribution is 6.88. The summed E-state index contributed by atoms with van der Waals surface area (Å²) in [7, 11) is -1.89. The molecule has 3 aliphatic carbocycles. The van der Waals surface area contributed by atoms with Gasteiger partial charge in [0.05, 0.1) is 20.3 Å². The molecule has 0 spiro atoms. The predicted octanol–water partition coefficient (Wildman–Crippen LogP) is 15.5. The third kappa shape index (κ3) is 7.38. The molecule has 1 aromatic heterocycles. The lowest BCUT2D eigenvalue weighted by Crippen LogP contribution is -2.44. The fourth-order valence-electron chi connectivity index (χ4n) is 11.4. The number of hydrogen-bond donors (Lipinski definition) is 0. The molecule has 1 saturated carbocycles. The highest BCUT2D eigenvalue weighted by Crippen LogP contribution is 2.59. The van der Waals surface area contributed by atoms with Gasteiger partial charge in [-0.15, -0.1) is 0 Å². The molecule has 67 heavy (non-hydrogen) atoms. The van der Waals surface area contributed by atoms with Gasteiger partial charge < -0.3 is 0 Å². The lowest BCUT2D eigenvalue weighted by molar-refractivity contribution is 0.0387. The molecule has 1 heterocycles. The number of fused-ring (bicyclic) bond motifs is 4. The van der Waals surface area contributed by atoms with Crippen LogP contribution in [0.3, 0.4) is 0 Å². The van der Waals surface area contributed by atoms with Gasteiger partial charge in [0.2, 0.25) is 0 Å². The number of nitrogens with zero attached hydrogens (tertiary/aromatic N) is 3. The van der Waals surface area contributed by atoms with Crippen molar-refractivity contribution < 1.29 is 6.85 Å². The predicted molar refractivity (Wildman–Crippen MR) is 283 cm³/mol. The van der Waals surface area contributed by atoms with Crippen molar-refractivity contribution in [2.45, 2.75) is 65.6 Å². The molecule has 4 heteroatoms. The molecule has 3 nitrogen and oxygen atoms in total. The molecule has 0 bridgehead atoms. The second-order valence-corrected chi connectivity index (χ2v) is 26.3. The number of rotatable bonds is 8. The largest absolute Gasteiger partial charge is 0.209 e. The van der Waals surface area contributed by atoms with Crippen LogP contribution in [0.4, 0.5) is 0 Å². The maximum absolute atomic E-state index is 9.56. The molecule has 0 radical (unpaired) electrons. The van der Waals surface area contributed by atoms with Crippen LogP contribution in [0, 0.1) is 22.7 Å². The number of allylic oxidation sites excluding steroid dienone is 4. The molecule has 11 rings (SSSR count). The first-order chi connectivity index (χ1) is 34.4. The Morgan fingerprint density at radius 2 is 1.04 bits per heavy atom. The summed E-state index contributed by atoms with van der Waals surface area (Å²) >= 11 is 0. The van der Waals surface area contributed by atoms with Crippen molar-refractivity contribution in [2.24, 2.45) is 22.7 Å². The summed E-state index contributed by atoms with van der Waals surface area (Å²) in [6.45, 7) is 16.5. The molecule has 0 amide bonds. The summed E-state index contributed by atoms with van der Waals surface area (Å²) in [5, 5.41) is 1.23. The minimum atomic E-state index is -1.89. The van der Waals surface area contributed by atoms with Crippen LogP contribution in [0.15, 0.2) is 194 Å². The Morgan fingerprint density at radius 3 is 1.72 bits per heavy atom. The van der Waals surface area contributed by atoms with Gasteiger partial charge >= 0.3 is 0 Å². The first kappa shape index (κ1) is 37.3. The van der Waals surface area contributed by atoms with Crippen LogP contribution >= 0.6 is 0 Å². The van der Waals surface area contributed by atoms with Gasteiger partial charge in [0.25, 0.3) is 0 Å². The second-order valence-electron chi connectivity index (χ2n) is 21.2. The summed E-state index contributed by atoms with van der Waals surface area (Å²) in [6, 6.07) is 48.9. The topological polar surface area (TPSA) is 38.7 Å². The summed E-state index contributed by atoms with van der Waals surface area (Å²) in [5.74, 6) is 2.61. The lowest BCUT2D eigenvalue weighted by Gasteiger charge is -2.53. The van der Waals surface area contributed by atoms with E-state index in [1.54, 1.807) is 0 Å². The standard InChI is InChI=1S/C63H59N3Si/c1-61(2)36-37-62(3,4)57-53(30-19-31-54(57)61)60-65-58(42-20-11-8-12-21-42)64-59(66-60)47-25-18-24-45(39-47)43-22-17-23-44(38-43)46-32-34-51-52-35-33-50(67(5,6)7)41-56(52)63(55(51)40-46,48-26-13-9-14-27-48)49-28-15-10-16-29-49/h8-35,38-41,54,57H,36-37H2,1-7H3/i9D,13D,14D,26D,27D. The average Bonchev–Trinajstić information content (AvgIpc) is 3.68. The molecule has 0 N–H and O–H groups in total. The molecule has 3 atom stereocenters. The van der Waals surface area contributed by atoms with Crippen LogP contribution in [-0.4, -0.2) is 23.0 Å². The molecule has 0 saturated heterocycles. The quantitative estimate of drug-likeness (QED) is 0.143. The minimum absolute atomic E-state index is 0.0599. The van der Waals surface area contributed by atoms with Gasteiger partial charge in [-0.05, 0) is 109 Å². The fraction of sp³-hybridized carbons (Fsp3) is 0.222. The van der Waals surface area contributed by atoms with Crippen LogP contribution in [0.25, 0.3) is 61.7 Å². The van der Waals surface area contributed by atoms with E-state index in [1.165, 1.54) is 17.2 Å². The van der Waals surface area contributed by atoms with Crippen LogP contribution in [0.2, 0.25) is 19.6 Å². The maximum Gasteiger partial charge on any atom is 0.164 e. The fourth-order valence-corrected chi connectivity index (χ4v) is 12.5. The van der Waals surface area contributed by atoms with Gasteiger partial charge in [-0.1, -0.05) is 228 Å². The Bertz CT molecular complexity index is 3510. The van der Waals surface area contributed by atoms with Crippen LogP contribution < -0.4 is 5.19 Å². The van der Waals surface area contributed by atoms with E-state index < -0.39 is 19.5 Å². The van der Waals surface area contributed by atoms with E-state index >= 15 is 0 Å².